The lowest BCUT2D eigenvalue weighted by Gasteiger charge is -1.90. The number of halogens is 1. The molecule has 1 saturated carbocycles. The van der Waals surface area contributed by atoms with Crippen molar-refractivity contribution in [3.05, 3.63) is 0 Å². The highest BCUT2D eigenvalue weighted by Crippen LogP contribution is 2.41. The van der Waals surface area contributed by atoms with E-state index in [1.54, 1.807) is 0 Å². The van der Waals surface area contributed by atoms with E-state index >= 15 is 0 Å². The van der Waals surface area contributed by atoms with Crippen molar-refractivity contribution in [3.8, 4) is 0 Å². The third-order valence-electron chi connectivity index (χ3n) is 1.98. The van der Waals surface area contributed by atoms with Crippen molar-refractivity contribution in [3.63, 3.8) is 0 Å². The van der Waals surface area contributed by atoms with Crippen LogP contribution in [0.4, 0.5) is 0 Å². The predicted molar refractivity (Wildman–Crippen MR) is 40.3 cm³/mol. The summed E-state index contributed by atoms with van der Waals surface area (Å²) < 4.78 is 0. The minimum absolute atomic E-state index is 1.05. The fraction of sp³-hybridized carbons (Fsp3) is 1.00. The van der Waals surface area contributed by atoms with Gasteiger partial charge in [0.25, 0.3) is 0 Å². The maximum absolute atomic E-state index is 3.43. The van der Waals surface area contributed by atoms with Gasteiger partial charge in [-0.15, -0.1) is 0 Å². The van der Waals surface area contributed by atoms with Gasteiger partial charge in [-0.05, 0) is 31.1 Å². The first-order valence-electron chi connectivity index (χ1n) is 3.40. The normalized spacial score (nSPS) is 35.2. The van der Waals surface area contributed by atoms with E-state index in [0.29, 0.717) is 0 Å². The molecule has 0 aromatic carbocycles. The molecule has 0 nitrogen and oxygen atoms in total. The molecule has 0 heterocycles. The van der Waals surface area contributed by atoms with Crippen LogP contribution in [0.15, 0.2) is 0 Å². The van der Waals surface area contributed by atoms with E-state index in [2.05, 4.69) is 22.9 Å². The summed E-state index contributed by atoms with van der Waals surface area (Å²) in [5.74, 6) is 2.14. The Morgan fingerprint density at radius 3 is 2.62 bits per heavy atom. The number of alkyl halides is 1. The van der Waals surface area contributed by atoms with Gasteiger partial charge in [0.15, 0.2) is 0 Å². The fourth-order valence-electron chi connectivity index (χ4n) is 1.14. The molecule has 8 heavy (non-hydrogen) atoms. The highest BCUT2D eigenvalue weighted by Gasteiger charge is 2.30. The van der Waals surface area contributed by atoms with E-state index < -0.39 is 0 Å². The van der Waals surface area contributed by atoms with Gasteiger partial charge in [0.2, 0.25) is 0 Å². The molecule has 1 aliphatic carbocycles. The molecular formula is C7H13Br. The third kappa shape index (κ3) is 1.77. The molecule has 0 bridgehead atoms. The summed E-state index contributed by atoms with van der Waals surface area (Å²) >= 11 is 3.43. The van der Waals surface area contributed by atoms with Gasteiger partial charge in [-0.3, -0.25) is 0 Å². The molecule has 2 atom stereocenters. The Morgan fingerprint density at radius 2 is 2.25 bits per heavy atom. The standard InChI is InChI=1S/C7H13Br/c1-6-5-7(6)3-2-4-8/h6-7H,2-5H2,1H3/t6-,7+/m1/s1. The van der Waals surface area contributed by atoms with Crippen molar-refractivity contribution < 1.29 is 0 Å². The molecule has 0 radical (unpaired) electrons. The zero-order valence-electron chi connectivity index (χ0n) is 5.36. The highest BCUT2D eigenvalue weighted by molar-refractivity contribution is 9.09. The third-order valence-corrected chi connectivity index (χ3v) is 2.55. The Hall–Kier alpha value is 0.480. The van der Waals surface area contributed by atoms with Crippen molar-refractivity contribution in [2.45, 2.75) is 26.2 Å². The lowest BCUT2D eigenvalue weighted by atomic mass is 10.2. The van der Waals surface area contributed by atoms with Gasteiger partial charge in [0.1, 0.15) is 0 Å². The van der Waals surface area contributed by atoms with Crippen molar-refractivity contribution in [2.24, 2.45) is 11.8 Å². The quantitative estimate of drug-likeness (QED) is 0.581. The summed E-state index contributed by atoms with van der Waals surface area (Å²) in [5.41, 5.74) is 0. The van der Waals surface area contributed by atoms with E-state index in [4.69, 9.17) is 0 Å². The molecule has 0 aromatic heterocycles. The van der Waals surface area contributed by atoms with Crippen molar-refractivity contribution >= 4 is 15.9 Å². The van der Waals surface area contributed by atoms with Gasteiger partial charge in [0.05, 0.1) is 0 Å². The maximum atomic E-state index is 3.43. The maximum Gasteiger partial charge on any atom is 0.00314 e. The topological polar surface area (TPSA) is 0 Å². The Labute approximate surface area is 59.8 Å². The summed E-state index contributed by atoms with van der Waals surface area (Å²) in [5, 5.41) is 1.19. The van der Waals surface area contributed by atoms with Crippen LogP contribution < -0.4 is 0 Å². The van der Waals surface area contributed by atoms with Crippen LogP contribution in [-0.4, -0.2) is 5.33 Å². The van der Waals surface area contributed by atoms with Crippen LogP contribution in [0.2, 0.25) is 0 Å². The van der Waals surface area contributed by atoms with Crippen molar-refractivity contribution in [2.75, 3.05) is 5.33 Å². The van der Waals surface area contributed by atoms with E-state index in [1.807, 2.05) is 0 Å². The SMILES string of the molecule is C[C@@H]1C[C@@H]1CCCBr. The summed E-state index contributed by atoms with van der Waals surface area (Å²) in [6, 6.07) is 0. The molecule has 0 aliphatic heterocycles. The molecule has 0 N–H and O–H groups in total. The molecule has 0 saturated heterocycles. The first kappa shape index (κ1) is 6.60. The Kier molecular flexibility index (Phi) is 2.36. The Balaban J connectivity index is 1.89. The first-order valence-corrected chi connectivity index (χ1v) is 4.52. The van der Waals surface area contributed by atoms with Gasteiger partial charge in [0, 0.05) is 5.33 Å². The zero-order chi connectivity index (χ0) is 5.98. The smallest absolute Gasteiger partial charge is 0.00314 e. The average molecular weight is 177 g/mol. The highest BCUT2D eigenvalue weighted by atomic mass is 79.9. The minimum Gasteiger partial charge on any atom is -0.0928 e. The molecule has 0 amide bonds. The second-order valence-electron chi connectivity index (χ2n) is 2.80. The zero-order valence-corrected chi connectivity index (χ0v) is 6.95. The van der Waals surface area contributed by atoms with Crippen LogP contribution in [0.3, 0.4) is 0 Å². The van der Waals surface area contributed by atoms with Gasteiger partial charge in [-0.25, -0.2) is 0 Å². The fourth-order valence-corrected chi connectivity index (χ4v) is 1.46. The van der Waals surface area contributed by atoms with E-state index in [9.17, 15) is 0 Å². The van der Waals surface area contributed by atoms with E-state index in [1.165, 1.54) is 24.6 Å². The number of hydrogen-bond donors (Lipinski definition) is 0. The average Bonchev–Trinajstić information content (AvgIpc) is 2.42. The molecule has 1 aliphatic rings. The first-order chi connectivity index (χ1) is 3.84. The van der Waals surface area contributed by atoms with Crippen molar-refractivity contribution in [1.82, 2.24) is 0 Å². The van der Waals surface area contributed by atoms with Crippen LogP contribution in [0.1, 0.15) is 26.2 Å². The Morgan fingerprint density at radius 1 is 1.62 bits per heavy atom. The summed E-state index contributed by atoms with van der Waals surface area (Å²) in [4.78, 5) is 0. The second-order valence-corrected chi connectivity index (χ2v) is 3.60. The summed E-state index contributed by atoms with van der Waals surface area (Å²) in [7, 11) is 0. The van der Waals surface area contributed by atoms with Crippen LogP contribution in [0, 0.1) is 11.8 Å². The molecule has 1 rings (SSSR count). The summed E-state index contributed by atoms with van der Waals surface area (Å²) in [6.07, 6.45) is 4.31. The van der Waals surface area contributed by atoms with Crippen molar-refractivity contribution in [1.29, 1.82) is 0 Å². The molecule has 1 fully saturated rings. The lowest BCUT2D eigenvalue weighted by Crippen LogP contribution is -1.79. The predicted octanol–water partition coefficient (Wildman–Crippen LogP) is 2.82. The van der Waals surface area contributed by atoms with Gasteiger partial charge < -0.3 is 0 Å². The van der Waals surface area contributed by atoms with Crippen LogP contribution in [0.5, 0.6) is 0 Å². The molecule has 0 aromatic rings. The Bertz CT molecular complexity index is 70.8. The summed E-state index contributed by atoms with van der Waals surface area (Å²) in [6.45, 7) is 2.35. The van der Waals surface area contributed by atoms with Crippen LogP contribution >= 0.6 is 15.9 Å². The number of hydrogen-bond acceptors (Lipinski definition) is 0. The van der Waals surface area contributed by atoms with Crippen LogP contribution in [0.25, 0.3) is 0 Å². The molecule has 48 valence electrons. The largest absolute Gasteiger partial charge is 0.0928 e. The molecule has 0 unspecified atom stereocenters. The molecular weight excluding hydrogens is 164 g/mol. The van der Waals surface area contributed by atoms with Gasteiger partial charge >= 0.3 is 0 Å². The van der Waals surface area contributed by atoms with E-state index in [0.717, 1.165) is 11.8 Å². The lowest BCUT2D eigenvalue weighted by molar-refractivity contribution is 0.665. The van der Waals surface area contributed by atoms with E-state index in [-0.39, 0.29) is 0 Å². The monoisotopic (exact) mass is 176 g/mol. The number of rotatable bonds is 3. The molecule has 1 heteroatoms. The van der Waals surface area contributed by atoms with Gasteiger partial charge in [-0.1, -0.05) is 22.9 Å². The molecule has 0 spiro atoms. The second kappa shape index (κ2) is 2.86. The van der Waals surface area contributed by atoms with Crippen LogP contribution in [-0.2, 0) is 0 Å². The van der Waals surface area contributed by atoms with Gasteiger partial charge in [-0.2, -0.15) is 0 Å². The minimum atomic E-state index is 1.05.